The molecule has 0 radical (unpaired) electrons. The Balaban J connectivity index is 1.60. The number of fused-ring (bicyclic) bond motifs is 1. The minimum absolute atomic E-state index is 0.767. The highest BCUT2D eigenvalue weighted by Gasteiger charge is 2.19. The Labute approximate surface area is 127 Å². The highest BCUT2D eigenvalue weighted by Crippen LogP contribution is 2.23. The van der Waals surface area contributed by atoms with Crippen molar-refractivity contribution in [1.82, 2.24) is 9.88 Å². The lowest BCUT2D eigenvalue weighted by Gasteiger charge is -2.03. The average Bonchev–Trinajstić information content (AvgIpc) is 3.27. The Morgan fingerprint density at radius 3 is 2.90 bits per heavy atom. The normalized spacial score (nSPS) is 14.9. The van der Waals surface area contributed by atoms with Crippen molar-refractivity contribution >= 4 is 10.9 Å². The molecule has 3 rings (SSSR count). The molecule has 0 spiro atoms. The fraction of sp³-hybridized carbons (Fsp3) is 0.556. The standard InChI is InChI=1S/C18H26N2O/c1-21-13-12-20-14-15(17-7-2-3-8-18(17)20)6-4-5-11-19-16-9-10-16/h2-3,7-8,14,16,19H,4-6,9-13H2,1H3. The summed E-state index contributed by atoms with van der Waals surface area (Å²) < 4.78 is 7.55. The first-order valence-corrected chi connectivity index (χ1v) is 8.17. The summed E-state index contributed by atoms with van der Waals surface area (Å²) in [5.41, 5.74) is 2.81. The summed E-state index contributed by atoms with van der Waals surface area (Å²) in [4.78, 5) is 0. The molecule has 3 heteroatoms. The molecule has 1 aliphatic rings. The van der Waals surface area contributed by atoms with E-state index in [0.29, 0.717) is 0 Å². The van der Waals surface area contributed by atoms with Gasteiger partial charge in [0.25, 0.3) is 0 Å². The van der Waals surface area contributed by atoms with Crippen molar-refractivity contribution in [3.8, 4) is 0 Å². The van der Waals surface area contributed by atoms with Crippen LogP contribution < -0.4 is 5.32 Å². The average molecular weight is 286 g/mol. The minimum Gasteiger partial charge on any atom is -0.383 e. The number of aromatic nitrogens is 1. The number of aryl methyl sites for hydroxylation is 1. The molecule has 3 nitrogen and oxygen atoms in total. The smallest absolute Gasteiger partial charge is 0.0641 e. The lowest BCUT2D eigenvalue weighted by molar-refractivity contribution is 0.188. The van der Waals surface area contributed by atoms with Gasteiger partial charge < -0.3 is 14.6 Å². The number of nitrogens with one attached hydrogen (secondary N) is 1. The third-order valence-electron chi connectivity index (χ3n) is 4.29. The first-order chi connectivity index (χ1) is 10.4. The van der Waals surface area contributed by atoms with Gasteiger partial charge in [-0.3, -0.25) is 0 Å². The van der Waals surface area contributed by atoms with E-state index in [1.54, 1.807) is 7.11 Å². The number of benzene rings is 1. The highest BCUT2D eigenvalue weighted by atomic mass is 16.5. The molecule has 1 aromatic heterocycles. The molecule has 0 aliphatic heterocycles. The molecule has 1 heterocycles. The van der Waals surface area contributed by atoms with E-state index < -0.39 is 0 Å². The van der Waals surface area contributed by atoms with Gasteiger partial charge in [-0.2, -0.15) is 0 Å². The largest absolute Gasteiger partial charge is 0.383 e. The van der Waals surface area contributed by atoms with Crippen molar-refractivity contribution in [2.24, 2.45) is 0 Å². The Morgan fingerprint density at radius 2 is 2.10 bits per heavy atom. The number of hydrogen-bond donors (Lipinski definition) is 1. The number of rotatable bonds is 9. The topological polar surface area (TPSA) is 26.2 Å². The van der Waals surface area contributed by atoms with Gasteiger partial charge in [0.1, 0.15) is 0 Å². The molecule has 0 unspecified atom stereocenters. The van der Waals surface area contributed by atoms with Crippen LogP contribution in [-0.4, -0.2) is 30.9 Å². The van der Waals surface area contributed by atoms with Gasteiger partial charge in [-0.1, -0.05) is 18.2 Å². The van der Waals surface area contributed by atoms with Crippen molar-refractivity contribution in [2.75, 3.05) is 20.3 Å². The molecule has 0 amide bonds. The molecule has 1 fully saturated rings. The number of unbranched alkanes of at least 4 members (excludes halogenated alkanes) is 1. The van der Waals surface area contributed by atoms with Crippen LogP contribution in [0.2, 0.25) is 0 Å². The summed E-state index contributed by atoms with van der Waals surface area (Å²) >= 11 is 0. The third kappa shape index (κ3) is 3.86. The van der Waals surface area contributed by atoms with Crippen molar-refractivity contribution in [3.05, 3.63) is 36.0 Å². The van der Waals surface area contributed by atoms with E-state index in [2.05, 4.69) is 40.3 Å². The third-order valence-corrected chi connectivity index (χ3v) is 4.29. The summed E-state index contributed by atoms with van der Waals surface area (Å²) in [7, 11) is 1.76. The minimum atomic E-state index is 0.767. The van der Waals surface area contributed by atoms with Gasteiger partial charge in [0, 0.05) is 36.8 Å². The van der Waals surface area contributed by atoms with Crippen LogP contribution in [0.15, 0.2) is 30.5 Å². The second kappa shape index (κ2) is 7.10. The van der Waals surface area contributed by atoms with Crippen molar-refractivity contribution in [2.45, 2.75) is 44.7 Å². The van der Waals surface area contributed by atoms with E-state index >= 15 is 0 Å². The van der Waals surface area contributed by atoms with Crippen molar-refractivity contribution in [3.63, 3.8) is 0 Å². The molecular weight excluding hydrogens is 260 g/mol. The number of para-hydroxylation sites is 1. The Hall–Kier alpha value is -1.32. The van der Waals surface area contributed by atoms with Crippen LogP contribution in [-0.2, 0) is 17.7 Å². The van der Waals surface area contributed by atoms with E-state index in [9.17, 15) is 0 Å². The summed E-state index contributed by atoms with van der Waals surface area (Å²) in [6.45, 7) is 2.87. The second-order valence-corrected chi connectivity index (χ2v) is 6.04. The molecule has 0 atom stereocenters. The molecule has 0 saturated heterocycles. The fourth-order valence-electron chi connectivity index (χ4n) is 2.93. The van der Waals surface area contributed by atoms with E-state index in [1.165, 1.54) is 55.1 Å². The Morgan fingerprint density at radius 1 is 1.24 bits per heavy atom. The number of methoxy groups -OCH3 is 1. The van der Waals surface area contributed by atoms with Gasteiger partial charge in [-0.05, 0) is 50.3 Å². The zero-order chi connectivity index (χ0) is 14.5. The number of nitrogens with zero attached hydrogens (tertiary/aromatic N) is 1. The number of ether oxygens (including phenoxy) is 1. The molecule has 0 bridgehead atoms. The first-order valence-electron chi connectivity index (χ1n) is 8.17. The van der Waals surface area contributed by atoms with Crippen LogP contribution in [0.4, 0.5) is 0 Å². The maximum atomic E-state index is 5.22. The Kier molecular flexibility index (Phi) is 4.94. The van der Waals surface area contributed by atoms with Crippen molar-refractivity contribution in [1.29, 1.82) is 0 Å². The molecule has 1 saturated carbocycles. The zero-order valence-corrected chi connectivity index (χ0v) is 13.0. The van der Waals surface area contributed by atoms with Crippen LogP contribution in [0.25, 0.3) is 10.9 Å². The lowest BCUT2D eigenvalue weighted by Crippen LogP contribution is -2.17. The van der Waals surface area contributed by atoms with Gasteiger partial charge >= 0.3 is 0 Å². The maximum absolute atomic E-state index is 5.22. The molecule has 21 heavy (non-hydrogen) atoms. The van der Waals surface area contributed by atoms with E-state index in [4.69, 9.17) is 4.74 Å². The Bertz CT molecular complexity index is 572. The van der Waals surface area contributed by atoms with Crippen LogP contribution >= 0.6 is 0 Å². The molecule has 1 aliphatic carbocycles. The van der Waals surface area contributed by atoms with E-state index in [-0.39, 0.29) is 0 Å². The summed E-state index contributed by atoms with van der Waals surface area (Å²) in [6.07, 6.45) is 8.79. The van der Waals surface area contributed by atoms with Crippen LogP contribution in [0.1, 0.15) is 31.2 Å². The predicted molar refractivity (Wildman–Crippen MR) is 87.8 cm³/mol. The van der Waals surface area contributed by atoms with Crippen LogP contribution in [0, 0.1) is 0 Å². The summed E-state index contributed by atoms with van der Waals surface area (Å²) in [6, 6.07) is 9.55. The van der Waals surface area contributed by atoms with E-state index in [1.807, 2.05) is 0 Å². The van der Waals surface area contributed by atoms with Gasteiger partial charge in [0.2, 0.25) is 0 Å². The number of hydrogen-bond acceptors (Lipinski definition) is 2. The quantitative estimate of drug-likeness (QED) is 0.715. The van der Waals surface area contributed by atoms with Gasteiger partial charge in [-0.25, -0.2) is 0 Å². The van der Waals surface area contributed by atoms with E-state index in [0.717, 1.165) is 19.2 Å². The maximum Gasteiger partial charge on any atom is 0.0641 e. The molecule has 1 aromatic carbocycles. The second-order valence-electron chi connectivity index (χ2n) is 6.04. The lowest BCUT2D eigenvalue weighted by atomic mass is 10.1. The van der Waals surface area contributed by atoms with Crippen molar-refractivity contribution < 1.29 is 4.74 Å². The molecule has 1 N–H and O–H groups in total. The zero-order valence-electron chi connectivity index (χ0n) is 13.0. The van der Waals surface area contributed by atoms with Crippen LogP contribution in [0.3, 0.4) is 0 Å². The fourth-order valence-corrected chi connectivity index (χ4v) is 2.93. The predicted octanol–water partition coefficient (Wildman–Crippen LogP) is 3.36. The van der Waals surface area contributed by atoms with Crippen LogP contribution in [0.5, 0.6) is 0 Å². The van der Waals surface area contributed by atoms with Gasteiger partial charge in [0.05, 0.1) is 6.61 Å². The SMILES string of the molecule is COCCn1cc(CCCCNC2CC2)c2ccccc21. The molecule has 2 aromatic rings. The summed E-state index contributed by atoms with van der Waals surface area (Å²) in [5.74, 6) is 0. The van der Waals surface area contributed by atoms with Gasteiger partial charge in [-0.15, -0.1) is 0 Å². The molecular formula is C18H26N2O. The first kappa shape index (κ1) is 14.6. The monoisotopic (exact) mass is 286 g/mol. The highest BCUT2D eigenvalue weighted by molar-refractivity contribution is 5.83. The summed E-state index contributed by atoms with van der Waals surface area (Å²) in [5, 5.41) is 5.00. The molecule has 114 valence electrons. The van der Waals surface area contributed by atoms with Gasteiger partial charge in [0.15, 0.2) is 0 Å².